The van der Waals surface area contributed by atoms with Crippen LogP contribution in [-0.2, 0) is 16.1 Å². The smallest absolute Gasteiger partial charge is 0.223 e. The van der Waals surface area contributed by atoms with Crippen molar-refractivity contribution in [2.75, 3.05) is 26.8 Å². The summed E-state index contributed by atoms with van der Waals surface area (Å²) in [6.07, 6.45) is 4.87. The number of ether oxygens (including phenoxy) is 1. The molecule has 0 unspecified atom stereocenters. The SMILES string of the molecule is CC[C@H]1N(Cc2cc(C)on2)CCC[C@@]12CCC(=O)N2CCOC. The van der Waals surface area contributed by atoms with E-state index < -0.39 is 0 Å². The highest BCUT2D eigenvalue weighted by Crippen LogP contribution is 2.43. The number of hydrogen-bond donors (Lipinski definition) is 0. The summed E-state index contributed by atoms with van der Waals surface area (Å²) < 4.78 is 10.5. The summed E-state index contributed by atoms with van der Waals surface area (Å²) in [6, 6.07) is 2.38. The van der Waals surface area contributed by atoms with Gasteiger partial charge < -0.3 is 14.2 Å². The molecule has 0 saturated carbocycles. The van der Waals surface area contributed by atoms with Gasteiger partial charge in [0.15, 0.2) is 0 Å². The Bertz CT molecular complexity index is 574. The maximum Gasteiger partial charge on any atom is 0.223 e. The van der Waals surface area contributed by atoms with Gasteiger partial charge in [-0.25, -0.2) is 0 Å². The van der Waals surface area contributed by atoms with Crippen molar-refractivity contribution in [2.45, 2.75) is 64.1 Å². The topological polar surface area (TPSA) is 58.8 Å². The molecule has 1 amide bonds. The molecule has 2 atom stereocenters. The van der Waals surface area contributed by atoms with Gasteiger partial charge in [-0.15, -0.1) is 0 Å². The molecule has 0 aliphatic carbocycles. The summed E-state index contributed by atoms with van der Waals surface area (Å²) >= 11 is 0. The number of piperidine rings is 1. The fourth-order valence-corrected chi connectivity index (χ4v) is 4.76. The van der Waals surface area contributed by atoms with E-state index in [0.29, 0.717) is 25.6 Å². The summed E-state index contributed by atoms with van der Waals surface area (Å²) in [5.74, 6) is 1.13. The van der Waals surface area contributed by atoms with E-state index in [9.17, 15) is 4.79 Å². The van der Waals surface area contributed by atoms with Crippen LogP contribution >= 0.6 is 0 Å². The van der Waals surface area contributed by atoms with Crippen molar-refractivity contribution >= 4 is 5.91 Å². The number of rotatable bonds is 6. The zero-order valence-electron chi connectivity index (χ0n) is 15.1. The molecule has 1 aromatic heterocycles. The van der Waals surface area contributed by atoms with E-state index in [4.69, 9.17) is 9.26 Å². The van der Waals surface area contributed by atoms with Crippen LogP contribution in [0.1, 0.15) is 50.5 Å². The Labute approximate surface area is 144 Å². The van der Waals surface area contributed by atoms with E-state index in [0.717, 1.165) is 50.2 Å². The van der Waals surface area contributed by atoms with Crippen LogP contribution in [0.4, 0.5) is 0 Å². The van der Waals surface area contributed by atoms with Gasteiger partial charge in [-0.1, -0.05) is 12.1 Å². The maximum absolute atomic E-state index is 12.5. The molecule has 24 heavy (non-hydrogen) atoms. The normalized spacial score (nSPS) is 28.2. The van der Waals surface area contributed by atoms with E-state index in [-0.39, 0.29) is 11.4 Å². The van der Waals surface area contributed by atoms with E-state index in [2.05, 4.69) is 21.9 Å². The molecule has 0 bridgehead atoms. The van der Waals surface area contributed by atoms with Gasteiger partial charge in [-0.05, 0) is 39.2 Å². The van der Waals surface area contributed by atoms with E-state index in [1.165, 1.54) is 0 Å². The number of hydrogen-bond acceptors (Lipinski definition) is 5. The highest BCUT2D eigenvalue weighted by atomic mass is 16.5. The Morgan fingerprint density at radius 3 is 2.96 bits per heavy atom. The predicted molar refractivity (Wildman–Crippen MR) is 90.5 cm³/mol. The van der Waals surface area contributed by atoms with E-state index in [1.54, 1.807) is 7.11 Å². The third-order valence-corrected chi connectivity index (χ3v) is 5.67. The molecular formula is C18H29N3O3. The number of carbonyl (C=O) groups excluding carboxylic acids is 1. The molecule has 0 radical (unpaired) electrons. The average Bonchev–Trinajstić information content (AvgIpc) is 3.11. The summed E-state index contributed by atoms with van der Waals surface area (Å²) in [7, 11) is 1.70. The quantitative estimate of drug-likeness (QED) is 0.799. The summed E-state index contributed by atoms with van der Waals surface area (Å²) in [4.78, 5) is 17.1. The predicted octanol–water partition coefficient (Wildman–Crippen LogP) is 2.37. The van der Waals surface area contributed by atoms with Crippen LogP contribution in [0, 0.1) is 6.92 Å². The molecule has 3 rings (SSSR count). The lowest BCUT2D eigenvalue weighted by molar-refractivity contribution is -0.136. The van der Waals surface area contributed by atoms with Crippen LogP contribution in [0.15, 0.2) is 10.6 Å². The number of carbonyl (C=O) groups is 1. The van der Waals surface area contributed by atoms with Gasteiger partial charge >= 0.3 is 0 Å². The van der Waals surface area contributed by atoms with Gasteiger partial charge in [-0.3, -0.25) is 9.69 Å². The number of aromatic nitrogens is 1. The zero-order valence-corrected chi connectivity index (χ0v) is 15.1. The van der Waals surface area contributed by atoms with Crippen LogP contribution < -0.4 is 0 Å². The highest BCUT2D eigenvalue weighted by molar-refractivity contribution is 5.80. The lowest BCUT2D eigenvalue weighted by Crippen LogP contribution is -2.63. The third-order valence-electron chi connectivity index (χ3n) is 5.67. The molecule has 3 heterocycles. The summed E-state index contributed by atoms with van der Waals surface area (Å²) in [5.41, 5.74) is 0.942. The molecule has 6 nitrogen and oxygen atoms in total. The average molecular weight is 335 g/mol. The molecule has 2 aliphatic rings. The molecule has 0 N–H and O–H groups in total. The zero-order chi connectivity index (χ0) is 17.2. The first-order chi connectivity index (χ1) is 11.6. The Kier molecular flexibility index (Phi) is 5.25. The number of likely N-dealkylation sites (tertiary alicyclic amines) is 2. The second-order valence-corrected chi connectivity index (χ2v) is 7.07. The van der Waals surface area contributed by atoms with Crippen molar-refractivity contribution in [1.29, 1.82) is 0 Å². The number of aryl methyl sites for hydroxylation is 1. The van der Waals surface area contributed by atoms with E-state index >= 15 is 0 Å². The molecule has 6 heteroatoms. The molecular weight excluding hydrogens is 306 g/mol. The standard InChI is InChI=1S/C18H29N3O3/c1-4-16-18(8-6-17(22)21(18)10-11-23-3)7-5-9-20(16)13-15-12-14(2)24-19-15/h12,16H,4-11,13H2,1-3H3/t16-,18-/m1/s1. The van der Waals surface area contributed by atoms with Gasteiger partial charge in [0.05, 0.1) is 17.8 Å². The van der Waals surface area contributed by atoms with Crippen molar-refractivity contribution in [1.82, 2.24) is 15.0 Å². The van der Waals surface area contributed by atoms with Crippen molar-refractivity contribution in [3.05, 3.63) is 17.5 Å². The largest absolute Gasteiger partial charge is 0.383 e. The lowest BCUT2D eigenvalue weighted by atomic mass is 9.77. The first-order valence-electron chi connectivity index (χ1n) is 9.06. The molecule has 134 valence electrons. The second kappa shape index (κ2) is 7.23. The van der Waals surface area contributed by atoms with Crippen LogP contribution in [0.5, 0.6) is 0 Å². The Morgan fingerprint density at radius 2 is 2.29 bits per heavy atom. The molecule has 0 aromatic carbocycles. The van der Waals surface area contributed by atoms with Crippen molar-refractivity contribution < 1.29 is 14.1 Å². The molecule has 2 fully saturated rings. The van der Waals surface area contributed by atoms with Crippen molar-refractivity contribution in [2.24, 2.45) is 0 Å². The summed E-state index contributed by atoms with van der Waals surface area (Å²) in [6.45, 7) is 7.31. The Hall–Kier alpha value is -1.40. The minimum atomic E-state index is -0.0403. The number of methoxy groups -OCH3 is 1. The Morgan fingerprint density at radius 1 is 1.46 bits per heavy atom. The van der Waals surface area contributed by atoms with Gasteiger partial charge in [0, 0.05) is 38.7 Å². The minimum absolute atomic E-state index is 0.0403. The van der Waals surface area contributed by atoms with Crippen LogP contribution in [0.3, 0.4) is 0 Å². The first kappa shape index (κ1) is 17.4. The Balaban J connectivity index is 1.82. The van der Waals surface area contributed by atoms with Gasteiger partial charge in [0.1, 0.15) is 5.76 Å². The fraction of sp³-hybridized carbons (Fsp3) is 0.778. The highest BCUT2D eigenvalue weighted by Gasteiger charge is 2.52. The first-order valence-corrected chi connectivity index (χ1v) is 9.06. The third kappa shape index (κ3) is 3.09. The van der Waals surface area contributed by atoms with Crippen LogP contribution in [0.2, 0.25) is 0 Å². The summed E-state index contributed by atoms with van der Waals surface area (Å²) in [5, 5.41) is 4.16. The number of nitrogens with zero attached hydrogens (tertiary/aromatic N) is 3. The van der Waals surface area contributed by atoms with E-state index in [1.807, 2.05) is 13.0 Å². The van der Waals surface area contributed by atoms with Crippen molar-refractivity contribution in [3.63, 3.8) is 0 Å². The van der Waals surface area contributed by atoms with Crippen molar-refractivity contribution in [3.8, 4) is 0 Å². The molecule has 2 aliphatic heterocycles. The van der Waals surface area contributed by atoms with Gasteiger partial charge in [0.25, 0.3) is 0 Å². The number of amides is 1. The minimum Gasteiger partial charge on any atom is -0.383 e. The lowest BCUT2D eigenvalue weighted by Gasteiger charge is -2.52. The van der Waals surface area contributed by atoms with Gasteiger partial charge in [0.2, 0.25) is 5.91 Å². The monoisotopic (exact) mass is 335 g/mol. The second-order valence-electron chi connectivity index (χ2n) is 7.07. The van der Waals surface area contributed by atoms with Crippen LogP contribution in [-0.4, -0.2) is 59.3 Å². The van der Waals surface area contributed by atoms with Gasteiger partial charge in [-0.2, -0.15) is 0 Å². The molecule has 1 aromatic rings. The molecule has 1 spiro atoms. The van der Waals surface area contributed by atoms with Crippen LogP contribution in [0.25, 0.3) is 0 Å². The fourth-order valence-electron chi connectivity index (χ4n) is 4.76. The molecule has 2 saturated heterocycles. The maximum atomic E-state index is 12.5.